The van der Waals surface area contributed by atoms with Gasteiger partial charge >= 0.3 is 0 Å². The Morgan fingerprint density at radius 3 is 2.44 bits per heavy atom. The molecule has 0 fully saturated rings. The van der Waals surface area contributed by atoms with Gasteiger partial charge in [0.1, 0.15) is 11.6 Å². The lowest BCUT2D eigenvalue weighted by atomic mass is 9.99. The van der Waals surface area contributed by atoms with Crippen molar-refractivity contribution < 1.29 is 13.6 Å². The zero-order chi connectivity index (χ0) is 18.4. The van der Waals surface area contributed by atoms with Crippen molar-refractivity contribution in [3.63, 3.8) is 0 Å². The van der Waals surface area contributed by atoms with E-state index in [0.29, 0.717) is 0 Å². The van der Waals surface area contributed by atoms with E-state index in [9.17, 15) is 13.6 Å². The fourth-order valence-corrected chi connectivity index (χ4v) is 3.07. The maximum atomic E-state index is 13.6. The van der Waals surface area contributed by atoms with Gasteiger partial charge in [-0.25, -0.2) is 8.78 Å². The minimum atomic E-state index is -0.498. The van der Waals surface area contributed by atoms with E-state index in [1.165, 1.54) is 0 Å². The molecule has 1 N–H and O–H groups in total. The van der Waals surface area contributed by atoms with Crippen molar-refractivity contribution in [2.24, 2.45) is 0 Å². The molecule has 25 heavy (non-hydrogen) atoms. The van der Waals surface area contributed by atoms with Crippen LogP contribution in [0, 0.1) is 11.6 Å². The highest BCUT2D eigenvalue weighted by Crippen LogP contribution is 2.22. The van der Waals surface area contributed by atoms with E-state index in [2.05, 4.69) is 5.32 Å². The normalized spacial score (nSPS) is 13.5. The molecule has 2 atom stereocenters. The Bertz CT molecular complexity index is 704. The number of carbonyl (C=O) groups excluding carboxylic acids is 1. The first-order valence-corrected chi connectivity index (χ1v) is 8.33. The number of hydrogen-bond donors (Lipinski definition) is 1. The molecule has 134 valence electrons. The minimum absolute atomic E-state index is 0.0241. The molecule has 0 aliphatic carbocycles. The third kappa shape index (κ3) is 5.36. The first kappa shape index (κ1) is 19.1. The Morgan fingerprint density at radius 2 is 1.80 bits per heavy atom. The molecule has 0 aliphatic heterocycles. The van der Waals surface area contributed by atoms with Crippen molar-refractivity contribution in [2.75, 3.05) is 14.1 Å². The van der Waals surface area contributed by atoms with Crippen LogP contribution in [-0.2, 0) is 11.2 Å². The zero-order valence-electron chi connectivity index (χ0n) is 14.8. The standard InChI is InChI=1S/C20H24F2N2O/c1-14(20(24(2)3)15-7-5-4-6-8-15)23-19(25)12-9-16-13-17(21)10-11-18(16)22/h4-8,10-11,13-14,20H,9,12H2,1-3H3,(H,23,25)/t14-,20+/m1/s1. The Balaban J connectivity index is 1.97. The second kappa shape index (κ2) is 8.72. The first-order chi connectivity index (χ1) is 11.9. The molecule has 5 heteroatoms. The zero-order valence-corrected chi connectivity index (χ0v) is 14.8. The van der Waals surface area contributed by atoms with Crippen LogP contribution < -0.4 is 5.32 Å². The van der Waals surface area contributed by atoms with E-state index in [4.69, 9.17) is 0 Å². The molecule has 2 rings (SSSR count). The Hall–Kier alpha value is -2.27. The highest BCUT2D eigenvalue weighted by Gasteiger charge is 2.22. The summed E-state index contributed by atoms with van der Waals surface area (Å²) < 4.78 is 26.8. The average Bonchev–Trinajstić information content (AvgIpc) is 2.56. The number of hydrogen-bond acceptors (Lipinski definition) is 2. The number of likely N-dealkylation sites (N-methyl/N-ethyl adjacent to an activating group) is 1. The topological polar surface area (TPSA) is 32.3 Å². The summed E-state index contributed by atoms with van der Waals surface area (Å²) in [6.45, 7) is 1.94. The molecule has 2 aromatic rings. The monoisotopic (exact) mass is 346 g/mol. The molecule has 0 aliphatic rings. The van der Waals surface area contributed by atoms with Gasteiger partial charge in [0, 0.05) is 12.5 Å². The van der Waals surface area contributed by atoms with E-state index >= 15 is 0 Å². The third-order valence-corrected chi connectivity index (χ3v) is 4.19. The van der Waals surface area contributed by atoms with E-state index in [1.807, 2.05) is 56.3 Å². The summed E-state index contributed by atoms with van der Waals surface area (Å²) in [6.07, 6.45) is 0.278. The molecule has 0 unspecified atom stereocenters. The summed E-state index contributed by atoms with van der Waals surface area (Å²) in [7, 11) is 3.92. The number of aryl methyl sites for hydroxylation is 1. The van der Waals surface area contributed by atoms with Crippen LogP contribution in [0.15, 0.2) is 48.5 Å². The number of halogens is 2. The SMILES string of the molecule is C[C@@H](NC(=O)CCc1cc(F)ccc1F)[C@@H](c1ccccc1)N(C)C. The van der Waals surface area contributed by atoms with Gasteiger partial charge in [0.05, 0.1) is 6.04 Å². The van der Waals surface area contributed by atoms with Gasteiger partial charge in [-0.3, -0.25) is 4.79 Å². The molecule has 0 bridgehead atoms. The number of nitrogens with zero attached hydrogens (tertiary/aromatic N) is 1. The summed E-state index contributed by atoms with van der Waals surface area (Å²) in [4.78, 5) is 14.3. The Morgan fingerprint density at radius 1 is 1.12 bits per heavy atom. The lowest BCUT2D eigenvalue weighted by molar-refractivity contribution is -0.122. The second-order valence-electron chi connectivity index (χ2n) is 6.41. The van der Waals surface area contributed by atoms with Gasteiger partial charge in [-0.05, 0) is 56.8 Å². The van der Waals surface area contributed by atoms with Gasteiger partial charge in [0.15, 0.2) is 0 Å². The van der Waals surface area contributed by atoms with E-state index < -0.39 is 11.6 Å². The summed E-state index contributed by atoms with van der Waals surface area (Å²) in [5.41, 5.74) is 1.33. The van der Waals surface area contributed by atoms with Crippen LogP contribution in [0.25, 0.3) is 0 Å². The van der Waals surface area contributed by atoms with Crippen LogP contribution in [0.2, 0.25) is 0 Å². The minimum Gasteiger partial charge on any atom is -0.352 e. The number of amides is 1. The number of benzene rings is 2. The van der Waals surface area contributed by atoms with E-state index in [-0.39, 0.29) is 36.4 Å². The average molecular weight is 346 g/mol. The summed E-state index contributed by atoms with van der Waals surface area (Å²) in [6, 6.07) is 13.1. The lowest BCUT2D eigenvalue weighted by Gasteiger charge is -2.31. The summed E-state index contributed by atoms with van der Waals surface area (Å²) in [5, 5.41) is 2.97. The maximum absolute atomic E-state index is 13.6. The highest BCUT2D eigenvalue weighted by atomic mass is 19.1. The molecular weight excluding hydrogens is 322 g/mol. The van der Waals surface area contributed by atoms with Crippen molar-refractivity contribution >= 4 is 5.91 Å². The predicted octanol–water partition coefficient (Wildman–Crippen LogP) is 3.71. The van der Waals surface area contributed by atoms with Gasteiger partial charge in [0.25, 0.3) is 0 Å². The number of rotatable bonds is 7. The Labute approximate surface area is 147 Å². The highest BCUT2D eigenvalue weighted by molar-refractivity contribution is 5.76. The van der Waals surface area contributed by atoms with Crippen molar-refractivity contribution in [1.29, 1.82) is 0 Å². The molecule has 0 saturated heterocycles. The molecule has 0 spiro atoms. The van der Waals surface area contributed by atoms with Gasteiger partial charge in [-0.15, -0.1) is 0 Å². The van der Waals surface area contributed by atoms with Crippen LogP contribution >= 0.6 is 0 Å². The molecule has 0 radical (unpaired) electrons. The fourth-order valence-electron chi connectivity index (χ4n) is 3.07. The maximum Gasteiger partial charge on any atom is 0.220 e. The lowest BCUT2D eigenvalue weighted by Crippen LogP contribution is -2.42. The second-order valence-corrected chi connectivity index (χ2v) is 6.41. The molecule has 3 nitrogen and oxygen atoms in total. The van der Waals surface area contributed by atoms with Gasteiger partial charge in [0.2, 0.25) is 5.91 Å². The fraction of sp³-hybridized carbons (Fsp3) is 0.350. The molecule has 1 amide bonds. The smallest absolute Gasteiger partial charge is 0.220 e. The van der Waals surface area contributed by atoms with Crippen molar-refractivity contribution in [3.05, 3.63) is 71.3 Å². The van der Waals surface area contributed by atoms with Crippen LogP contribution in [0.3, 0.4) is 0 Å². The van der Waals surface area contributed by atoms with Crippen LogP contribution in [-0.4, -0.2) is 30.9 Å². The number of carbonyl (C=O) groups is 1. The van der Waals surface area contributed by atoms with Crippen molar-refractivity contribution in [2.45, 2.75) is 31.8 Å². The first-order valence-electron chi connectivity index (χ1n) is 8.33. The van der Waals surface area contributed by atoms with Crippen molar-refractivity contribution in [1.82, 2.24) is 10.2 Å². The summed E-state index contributed by atoms with van der Waals surface area (Å²) in [5.74, 6) is -1.17. The predicted molar refractivity (Wildman–Crippen MR) is 95.2 cm³/mol. The van der Waals surface area contributed by atoms with E-state index in [0.717, 1.165) is 23.8 Å². The molecular formula is C20H24F2N2O. The number of nitrogens with one attached hydrogen (secondary N) is 1. The quantitative estimate of drug-likeness (QED) is 0.829. The van der Waals surface area contributed by atoms with Crippen LogP contribution in [0.1, 0.15) is 30.5 Å². The van der Waals surface area contributed by atoms with Crippen molar-refractivity contribution in [3.8, 4) is 0 Å². The summed E-state index contributed by atoms with van der Waals surface area (Å²) >= 11 is 0. The molecule has 0 saturated carbocycles. The van der Waals surface area contributed by atoms with Gasteiger partial charge < -0.3 is 10.2 Å². The molecule has 2 aromatic carbocycles. The largest absolute Gasteiger partial charge is 0.352 e. The van der Waals surface area contributed by atoms with Crippen LogP contribution in [0.4, 0.5) is 8.78 Å². The van der Waals surface area contributed by atoms with Gasteiger partial charge in [-0.2, -0.15) is 0 Å². The molecule has 0 heterocycles. The molecule has 0 aromatic heterocycles. The van der Waals surface area contributed by atoms with E-state index in [1.54, 1.807) is 0 Å². The van der Waals surface area contributed by atoms with Gasteiger partial charge in [-0.1, -0.05) is 30.3 Å². The third-order valence-electron chi connectivity index (χ3n) is 4.19. The van der Waals surface area contributed by atoms with Crippen LogP contribution in [0.5, 0.6) is 0 Å². The Kier molecular flexibility index (Phi) is 6.65.